The Morgan fingerprint density at radius 1 is 1.43 bits per heavy atom. The lowest BCUT2D eigenvalue weighted by molar-refractivity contribution is -0.150. The number of amides is 2. The number of carboxylic acid groups (broad SMARTS) is 1. The van der Waals surface area contributed by atoms with E-state index in [0.29, 0.717) is 34.4 Å². The Morgan fingerprint density at radius 2 is 2.26 bits per heavy atom. The van der Waals surface area contributed by atoms with Gasteiger partial charge in [0.15, 0.2) is 9.47 Å². The first-order chi connectivity index (χ1) is 16.9. The highest BCUT2D eigenvalue weighted by Crippen LogP contribution is 2.41. The largest absolute Gasteiger partial charge is 0.477 e. The van der Waals surface area contributed by atoms with Gasteiger partial charge in [0.25, 0.3) is 11.8 Å². The van der Waals surface area contributed by atoms with Crippen LogP contribution in [0.1, 0.15) is 12.2 Å². The number of carbonyl (C=O) groups is 3. The molecule has 4 rings (SSSR count). The number of β-lactam (4-membered cyclic amide) rings is 1. The van der Waals surface area contributed by atoms with E-state index in [2.05, 4.69) is 30.0 Å². The topological polar surface area (TPSA) is 212 Å². The number of aromatic nitrogens is 4. The van der Waals surface area contributed by atoms with Crippen LogP contribution in [0.3, 0.4) is 0 Å². The number of nitrogens with zero attached hydrogens (tertiary/aromatic N) is 6. The number of oxime groups is 1. The van der Waals surface area contributed by atoms with Crippen molar-refractivity contribution in [3.63, 3.8) is 0 Å². The maximum absolute atomic E-state index is 13.0. The number of nitrogens with one attached hydrogen (secondary N) is 1. The van der Waals surface area contributed by atoms with Crippen LogP contribution in [0.4, 0.5) is 5.13 Å². The molecule has 35 heavy (non-hydrogen) atoms. The van der Waals surface area contributed by atoms with Gasteiger partial charge in [-0.2, -0.15) is 9.36 Å². The molecular formula is C17H19N9O5S4. The highest BCUT2D eigenvalue weighted by Gasteiger charge is 2.54. The van der Waals surface area contributed by atoms with Crippen LogP contribution >= 0.6 is 46.4 Å². The molecule has 2 aromatic heterocycles. The number of hydrogen-bond donors (Lipinski definition) is 4. The number of carbonyl (C=O) groups excluding carboxylic acids is 2. The number of anilines is 1. The Bertz CT molecular complexity index is 1170. The average Bonchev–Trinajstić information content (AvgIpc) is 3.52. The number of rotatable bonds is 11. The zero-order valence-electron chi connectivity index (χ0n) is 17.8. The zero-order chi connectivity index (χ0) is 24.9. The Hall–Kier alpha value is -2.80. The molecule has 2 aliphatic heterocycles. The van der Waals surface area contributed by atoms with E-state index in [1.54, 1.807) is 5.51 Å². The number of carboxylic acids is 1. The van der Waals surface area contributed by atoms with Crippen molar-refractivity contribution in [1.29, 1.82) is 0 Å². The fourth-order valence-corrected chi connectivity index (χ4v) is 6.56. The summed E-state index contributed by atoms with van der Waals surface area (Å²) >= 11 is 4.93. The molecule has 4 heterocycles. The molecule has 0 aliphatic carbocycles. The van der Waals surface area contributed by atoms with Crippen LogP contribution in [0.5, 0.6) is 0 Å². The van der Waals surface area contributed by atoms with E-state index in [1.165, 1.54) is 39.8 Å². The van der Waals surface area contributed by atoms with Gasteiger partial charge >= 0.3 is 5.97 Å². The van der Waals surface area contributed by atoms with Crippen LogP contribution in [0.15, 0.2) is 26.3 Å². The van der Waals surface area contributed by atoms with E-state index in [-0.39, 0.29) is 29.0 Å². The van der Waals surface area contributed by atoms with Crippen LogP contribution in [0.2, 0.25) is 0 Å². The van der Waals surface area contributed by atoms with E-state index in [9.17, 15) is 19.5 Å². The number of fused-ring (bicyclic) bond motifs is 1. The van der Waals surface area contributed by atoms with Crippen molar-refractivity contribution in [2.75, 3.05) is 30.4 Å². The van der Waals surface area contributed by atoms with Crippen molar-refractivity contribution in [2.45, 2.75) is 22.2 Å². The minimum absolute atomic E-state index is 0.0419. The van der Waals surface area contributed by atoms with Gasteiger partial charge in [0.05, 0.1) is 0 Å². The summed E-state index contributed by atoms with van der Waals surface area (Å²) in [5.74, 6) is -1.81. The maximum Gasteiger partial charge on any atom is 0.352 e. The Kier molecular flexibility index (Phi) is 8.16. The second-order valence-electron chi connectivity index (χ2n) is 6.98. The summed E-state index contributed by atoms with van der Waals surface area (Å²) in [4.78, 5) is 48.2. The molecule has 1 fully saturated rings. The first kappa shape index (κ1) is 25.3. The van der Waals surface area contributed by atoms with Gasteiger partial charge < -0.3 is 26.7 Å². The summed E-state index contributed by atoms with van der Waals surface area (Å²) in [6, 6.07) is -0.954. The Morgan fingerprint density at radius 3 is 2.91 bits per heavy atom. The molecule has 2 aromatic rings. The molecule has 0 spiro atoms. The van der Waals surface area contributed by atoms with Crippen LogP contribution in [0, 0.1) is 0 Å². The minimum atomic E-state index is -1.21. The normalized spacial score (nSPS) is 19.9. The lowest BCUT2D eigenvalue weighted by Crippen LogP contribution is -2.71. The summed E-state index contributed by atoms with van der Waals surface area (Å²) in [6.45, 7) is 0.553. The highest BCUT2D eigenvalue weighted by molar-refractivity contribution is 8.01. The van der Waals surface area contributed by atoms with Crippen molar-refractivity contribution >= 4 is 75.0 Å². The first-order valence-corrected chi connectivity index (χ1v) is 13.7. The van der Waals surface area contributed by atoms with Gasteiger partial charge in [0.1, 0.15) is 29.2 Å². The molecular weight excluding hydrogens is 539 g/mol. The molecule has 6 N–H and O–H groups in total. The van der Waals surface area contributed by atoms with Crippen LogP contribution in [0.25, 0.3) is 0 Å². The Balaban J connectivity index is 1.47. The third-order valence-corrected chi connectivity index (χ3v) is 8.54. The molecule has 18 heteroatoms. The molecule has 2 amide bonds. The second kappa shape index (κ2) is 11.3. The lowest BCUT2D eigenvalue weighted by Gasteiger charge is -2.49. The van der Waals surface area contributed by atoms with Gasteiger partial charge in [0, 0.05) is 23.0 Å². The standard InChI is InChI=1S/C17H19N9O5S4/c18-2-1-3-31-24-8(11-22-16(19)35-25-11)12(27)21-9-13(28)26-10(15(29)30)7(4-32-14(9)26)5-33-17-23-20-6-34-17/h6,9,14H,1-5,18H2,(H,21,27)(H,29,30)(H2,19,22,25)/t9?,14-/m1/s1. The third-order valence-electron chi connectivity index (χ3n) is 4.71. The molecule has 2 atom stereocenters. The molecule has 0 radical (unpaired) electrons. The number of aliphatic carboxylic acids is 1. The lowest BCUT2D eigenvalue weighted by atomic mass is 10.0. The summed E-state index contributed by atoms with van der Waals surface area (Å²) in [6.07, 6.45) is 0.518. The van der Waals surface area contributed by atoms with Gasteiger partial charge in [-0.1, -0.05) is 28.3 Å². The first-order valence-electron chi connectivity index (χ1n) is 10.00. The van der Waals surface area contributed by atoms with Crippen molar-refractivity contribution in [3.05, 3.63) is 22.6 Å². The van der Waals surface area contributed by atoms with Gasteiger partial charge in [0.2, 0.25) is 11.5 Å². The van der Waals surface area contributed by atoms with E-state index >= 15 is 0 Å². The van der Waals surface area contributed by atoms with Crippen molar-refractivity contribution < 1.29 is 24.3 Å². The molecule has 1 saturated heterocycles. The van der Waals surface area contributed by atoms with Gasteiger partial charge in [-0.3, -0.25) is 14.5 Å². The van der Waals surface area contributed by atoms with Crippen molar-refractivity contribution in [3.8, 4) is 0 Å². The van der Waals surface area contributed by atoms with E-state index in [0.717, 1.165) is 11.5 Å². The van der Waals surface area contributed by atoms with Gasteiger partial charge in [-0.05, 0) is 18.5 Å². The van der Waals surface area contributed by atoms with E-state index in [1.807, 2.05) is 0 Å². The quantitative estimate of drug-likeness (QED) is 0.0909. The van der Waals surface area contributed by atoms with Crippen LogP contribution in [-0.4, -0.2) is 89.1 Å². The van der Waals surface area contributed by atoms with Crippen LogP contribution < -0.4 is 16.8 Å². The van der Waals surface area contributed by atoms with Gasteiger partial charge in [-0.25, -0.2) is 4.79 Å². The Labute approximate surface area is 214 Å². The van der Waals surface area contributed by atoms with E-state index in [4.69, 9.17) is 16.3 Å². The fourth-order valence-electron chi connectivity index (χ4n) is 3.15. The number of thioether (sulfide) groups is 2. The fraction of sp³-hybridized carbons (Fsp3) is 0.412. The van der Waals surface area contributed by atoms with Gasteiger partial charge in [-0.15, -0.1) is 22.0 Å². The zero-order valence-corrected chi connectivity index (χ0v) is 21.1. The van der Waals surface area contributed by atoms with Crippen LogP contribution in [-0.2, 0) is 19.2 Å². The molecule has 186 valence electrons. The summed E-state index contributed by atoms with van der Waals surface area (Å²) in [5, 5.41) is 23.5. The second-order valence-corrected chi connectivity index (χ2v) is 10.9. The number of nitrogens with two attached hydrogens (primary N) is 2. The molecule has 2 aliphatic rings. The molecule has 0 saturated carbocycles. The predicted molar refractivity (Wildman–Crippen MR) is 131 cm³/mol. The predicted octanol–water partition coefficient (Wildman–Crippen LogP) is -0.428. The summed E-state index contributed by atoms with van der Waals surface area (Å²) in [5.41, 5.74) is 12.9. The molecule has 1 unspecified atom stereocenters. The van der Waals surface area contributed by atoms with E-state index < -0.39 is 29.2 Å². The number of hydrogen-bond acceptors (Lipinski definition) is 15. The third kappa shape index (κ3) is 5.56. The van der Waals surface area contributed by atoms with Crippen molar-refractivity contribution in [1.82, 2.24) is 29.8 Å². The molecule has 14 nitrogen and oxygen atoms in total. The summed E-state index contributed by atoms with van der Waals surface area (Å²) in [7, 11) is 0. The SMILES string of the molecule is NCCCON=C(C(=O)NC1C(=O)N2C(C(=O)O)=C(CSc3nncs3)CS[C@H]12)c1nsc(N)n1. The monoisotopic (exact) mass is 557 g/mol. The maximum atomic E-state index is 13.0. The summed E-state index contributed by atoms with van der Waals surface area (Å²) < 4.78 is 4.69. The van der Waals surface area contributed by atoms with Crippen molar-refractivity contribution in [2.24, 2.45) is 10.9 Å². The highest BCUT2D eigenvalue weighted by atomic mass is 32.2. The number of nitrogen functional groups attached to an aromatic ring is 1. The minimum Gasteiger partial charge on any atom is -0.477 e. The smallest absolute Gasteiger partial charge is 0.352 e. The molecule has 0 aromatic carbocycles. The average molecular weight is 558 g/mol. The molecule has 0 bridgehead atoms.